The van der Waals surface area contributed by atoms with E-state index in [2.05, 4.69) is 28.4 Å². The summed E-state index contributed by atoms with van der Waals surface area (Å²) in [7, 11) is 1.72. The molecular formula is C22H34N2O3. The first-order valence-electron chi connectivity index (χ1n) is 10.4. The normalized spacial score (nSPS) is 21.7. The van der Waals surface area contributed by atoms with Crippen LogP contribution in [0.3, 0.4) is 0 Å². The fourth-order valence-electron chi connectivity index (χ4n) is 4.68. The molecule has 0 saturated heterocycles. The molecule has 0 radical (unpaired) electrons. The minimum Gasteiger partial charge on any atom is -0.392 e. The number of aliphatic hydroxyl groups is 1. The number of carbonyl (C=O) groups excluding carboxylic acids is 1. The van der Waals surface area contributed by atoms with Crippen LogP contribution in [-0.2, 0) is 22.6 Å². The molecule has 1 saturated carbocycles. The van der Waals surface area contributed by atoms with E-state index in [4.69, 9.17) is 4.74 Å². The van der Waals surface area contributed by atoms with Crippen LogP contribution in [0.2, 0.25) is 0 Å². The number of carbonyl (C=O) groups is 1. The van der Waals surface area contributed by atoms with Gasteiger partial charge in [0.05, 0.1) is 25.3 Å². The first-order valence-corrected chi connectivity index (χ1v) is 10.4. The van der Waals surface area contributed by atoms with Gasteiger partial charge in [-0.3, -0.25) is 4.79 Å². The number of hydrogen-bond acceptors (Lipinski definition) is 4. The quantitative estimate of drug-likeness (QED) is 0.770. The Morgan fingerprint density at radius 3 is 2.81 bits per heavy atom. The highest BCUT2D eigenvalue weighted by atomic mass is 16.5. The second-order valence-corrected chi connectivity index (χ2v) is 8.13. The van der Waals surface area contributed by atoms with Crippen LogP contribution < -0.4 is 5.32 Å². The lowest BCUT2D eigenvalue weighted by atomic mass is 9.77. The molecule has 150 valence electrons. The topological polar surface area (TPSA) is 61.8 Å². The minimum absolute atomic E-state index is 0.147. The summed E-state index contributed by atoms with van der Waals surface area (Å²) >= 11 is 0. The Hall–Kier alpha value is -1.43. The van der Waals surface area contributed by atoms with Crippen molar-refractivity contribution < 1.29 is 14.6 Å². The average molecular weight is 375 g/mol. The van der Waals surface area contributed by atoms with Crippen molar-refractivity contribution in [1.29, 1.82) is 0 Å². The summed E-state index contributed by atoms with van der Waals surface area (Å²) in [4.78, 5) is 15.1. The summed E-state index contributed by atoms with van der Waals surface area (Å²) in [6, 6.07) is 6.82. The second kappa shape index (κ2) is 9.67. The van der Waals surface area contributed by atoms with Gasteiger partial charge >= 0.3 is 0 Å². The van der Waals surface area contributed by atoms with Crippen LogP contribution in [0.1, 0.15) is 61.8 Å². The predicted molar refractivity (Wildman–Crippen MR) is 106 cm³/mol. The molecule has 1 aromatic carbocycles. The van der Waals surface area contributed by atoms with Gasteiger partial charge in [-0.05, 0) is 48.8 Å². The third kappa shape index (κ3) is 5.09. The lowest BCUT2D eigenvalue weighted by Crippen LogP contribution is -2.47. The number of fused-ring (bicyclic) bond motifs is 1. The fraction of sp³-hybridized carbons (Fsp3) is 0.682. The Kier molecular flexibility index (Phi) is 7.27. The van der Waals surface area contributed by atoms with Crippen molar-refractivity contribution in [1.82, 2.24) is 10.2 Å². The second-order valence-electron chi connectivity index (χ2n) is 8.13. The summed E-state index contributed by atoms with van der Waals surface area (Å²) in [5.74, 6) is 0.685. The molecule has 1 aliphatic carbocycles. The molecule has 0 bridgehead atoms. The van der Waals surface area contributed by atoms with Crippen LogP contribution in [-0.4, -0.2) is 48.8 Å². The molecule has 5 nitrogen and oxygen atoms in total. The summed E-state index contributed by atoms with van der Waals surface area (Å²) in [6.07, 6.45) is 6.70. The van der Waals surface area contributed by atoms with E-state index < -0.39 is 6.10 Å². The first kappa shape index (κ1) is 20.3. The number of aliphatic hydroxyl groups excluding tert-OH is 1. The van der Waals surface area contributed by atoms with E-state index in [1.54, 1.807) is 14.0 Å². The Morgan fingerprint density at radius 2 is 2.11 bits per heavy atom. The molecule has 0 aromatic heterocycles. The lowest BCUT2D eigenvalue weighted by Gasteiger charge is -2.43. The van der Waals surface area contributed by atoms with E-state index in [1.807, 2.05) is 0 Å². The fourth-order valence-corrected chi connectivity index (χ4v) is 4.68. The Bertz CT molecular complexity index is 626. The van der Waals surface area contributed by atoms with Crippen LogP contribution in [0.25, 0.3) is 0 Å². The van der Waals surface area contributed by atoms with Gasteiger partial charge < -0.3 is 20.1 Å². The van der Waals surface area contributed by atoms with Crippen molar-refractivity contribution in [2.24, 2.45) is 5.92 Å². The maximum absolute atomic E-state index is 13.0. The zero-order chi connectivity index (χ0) is 19.2. The maximum Gasteiger partial charge on any atom is 0.237 e. The Balaban J connectivity index is 1.84. The molecule has 1 aliphatic heterocycles. The van der Waals surface area contributed by atoms with Crippen LogP contribution in [0, 0.1) is 5.92 Å². The van der Waals surface area contributed by atoms with Gasteiger partial charge in [0, 0.05) is 20.2 Å². The van der Waals surface area contributed by atoms with Crippen LogP contribution in [0.4, 0.5) is 0 Å². The van der Waals surface area contributed by atoms with Gasteiger partial charge in [-0.1, -0.05) is 37.5 Å². The number of ether oxygens (including phenoxy) is 1. The molecular weight excluding hydrogens is 340 g/mol. The first-order chi connectivity index (χ1) is 13.1. The van der Waals surface area contributed by atoms with Gasteiger partial charge in [-0.25, -0.2) is 0 Å². The number of hydrogen-bond donors (Lipinski definition) is 2. The molecule has 1 amide bonds. The van der Waals surface area contributed by atoms with E-state index >= 15 is 0 Å². The van der Waals surface area contributed by atoms with Crippen molar-refractivity contribution in [3.05, 3.63) is 34.9 Å². The zero-order valence-corrected chi connectivity index (χ0v) is 16.7. The molecule has 1 fully saturated rings. The van der Waals surface area contributed by atoms with Crippen LogP contribution in [0.15, 0.2) is 18.2 Å². The van der Waals surface area contributed by atoms with Gasteiger partial charge in [0.25, 0.3) is 0 Å². The van der Waals surface area contributed by atoms with E-state index in [9.17, 15) is 9.90 Å². The Morgan fingerprint density at radius 1 is 1.33 bits per heavy atom. The van der Waals surface area contributed by atoms with Crippen molar-refractivity contribution in [3.63, 3.8) is 0 Å². The molecule has 0 spiro atoms. The number of benzene rings is 1. The van der Waals surface area contributed by atoms with Crippen molar-refractivity contribution in [2.75, 3.05) is 26.7 Å². The summed E-state index contributed by atoms with van der Waals surface area (Å²) < 4.78 is 5.34. The number of nitrogens with zero attached hydrogens (tertiary/aromatic N) is 1. The van der Waals surface area contributed by atoms with Gasteiger partial charge in [0.15, 0.2) is 0 Å². The van der Waals surface area contributed by atoms with Gasteiger partial charge in [0.2, 0.25) is 5.91 Å². The monoisotopic (exact) mass is 374 g/mol. The predicted octanol–water partition coefficient (Wildman–Crippen LogP) is 2.81. The van der Waals surface area contributed by atoms with Crippen molar-refractivity contribution in [3.8, 4) is 0 Å². The maximum atomic E-state index is 13.0. The zero-order valence-electron chi connectivity index (χ0n) is 16.7. The standard InChI is InChI=1S/C22H34N2O3/c1-16(25)13-23-14-21(26)24-11-10-18-9-8-17(15-27-2)12-20(18)22(24)19-6-4-3-5-7-19/h8-9,12,16,19,22-23,25H,3-7,10-11,13-15H2,1-2H3/t16-,22?/m1/s1. The number of nitrogens with one attached hydrogen (secondary N) is 1. The van der Waals surface area contributed by atoms with E-state index in [1.165, 1.54) is 48.8 Å². The summed E-state index contributed by atoms with van der Waals surface area (Å²) in [5, 5.41) is 12.5. The number of amides is 1. The van der Waals surface area contributed by atoms with Crippen molar-refractivity contribution >= 4 is 5.91 Å². The van der Waals surface area contributed by atoms with Crippen molar-refractivity contribution in [2.45, 2.75) is 64.2 Å². The smallest absolute Gasteiger partial charge is 0.237 e. The molecule has 2 N–H and O–H groups in total. The molecule has 1 heterocycles. The Labute approximate surface area is 163 Å². The van der Waals surface area contributed by atoms with Gasteiger partial charge in [0.1, 0.15) is 0 Å². The van der Waals surface area contributed by atoms with Crippen LogP contribution in [0.5, 0.6) is 0 Å². The molecule has 5 heteroatoms. The molecule has 2 aliphatic rings. The largest absolute Gasteiger partial charge is 0.392 e. The third-order valence-corrected chi connectivity index (χ3v) is 5.93. The number of methoxy groups -OCH3 is 1. The highest BCUT2D eigenvalue weighted by Gasteiger charge is 2.36. The highest BCUT2D eigenvalue weighted by molar-refractivity contribution is 5.79. The third-order valence-electron chi connectivity index (χ3n) is 5.93. The molecule has 1 aromatic rings. The summed E-state index contributed by atoms with van der Waals surface area (Å²) in [6.45, 7) is 3.86. The van der Waals surface area contributed by atoms with E-state index in [-0.39, 0.29) is 11.9 Å². The average Bonchev–Trinajstić information content (AvgIpc) is 2.67. The SMILES string of the molecule is COCc1ccc2c(c1)C(C1CCCCC1)N(C(=O)CNC[C@@H](C)O)CC2. The highest BCUT2D eigenvalue weighted by Crippen LogP contribution is 2.42. The minimum atomic E-state index is -0.439. The molecule has 2 atom stereocenters. The molecule has 3 rings (SSSR count). The van der Waals surface area contributed by atoms with Gasteiger partial charge in [-0.2, -0.15) is 0 Å². The van der Waals surface area contributed by atoms with E-state index in [0.29, 0.717) is 25.6 Å². The summed E-state index contributed by atoms with van der Waals surface area (Å²) in [5.41, 5.74) is 3.89. The molecule has 27 heavy (non-hydrogen) atoms. The van der Waals surface area contributed by atoms with Crippen LogP contribution >= 0.6 is 0 Å². The van der Waals surface area contributed by atoms with E-state index in [0.717, 1.165) is 13.0 Å². The number of rotatable bonds is 7. The lowest BCUT2D eigenvalue weighted by molar-refractivity contribution is -0.134. The molecule has 1 unspecified atom stereocenters. The van der Waals surface area contributed by atoms with Gasteiger partial charge in [-0.15, -0.1) is 0 Å².